The number of aliphatic imine (C=N–C) groups is 1. The Bertz CT molecular complexity index is 2380. The molecule has 5 heteroatoms. The molecule has 4 nitrogen and oxygen atoms in total. The SMILES string of the molecule is N=C(N=C(N)c1ccccc1)c1cccc(-n2c3ccccc3c3ccc(-c4cccc5c4sc4ccccc45)cc32)c1. The summed E-state index contributed by atoms with van der Waals surface area (Å²) in [4.78, 5) is 4.43. The maximum absolute atomic E-state index is 8.75. The van der Waals surface area contributed by atoms with Gasteiger partial charge in [0, 0.05) is 47.8 Å². The molecule has 0 fully saturated rings. The molecule has 0 aliphatic rings. The van der Waals surface area contributed by atoms with E-state index in [1.54, 1.807) is 0 Å². The molecule has 0 atom stereocenters. The number of nitrogens with two attached hydrogens (primary N) is 1. The summed E-state index contributed by atoms with van der Waals surface area (Å²) in [5.41, 5.74) is 13.4. The van der Waals surface area contributed by atoms with Crippen molar-refractivity contribution < 1.29 is 0 Å². The predicted molar refractivity (Wildman–Crippen MR) is 183 cm³/mol. The first-order chi connectivity index (χ1) is 21.2. The minimum Gasteiger partial charge on any atom is -0.383 e. The number of hydrogen-bond donors (Lipinski definition) is 2. The summed E-state index contributed by atoms with van der Waals surface area (Å²) in [5.74, 6) is 0.453. The molecule has 0 radical (unpaired) electrons. The van der Waals surface area contributed by atoms with Crippen LogP contribution in [0.15, 0.2) is 145 Å². The first-order valence-corrected chi connectivity index (χ1v) is 15.0. The number of nitrogens with one attached hydrogen (secondary N) is 1. The molecule has 3 N–H and O–H groups in total. The van der Waals surface area contributed by atoms with E-state index in [0.29, 0.717) is 11.4 Å². The van der Waals surface area contributed by atoms with E-state index in [9.17, 15) is 0 Å². The fourth-order valence-corrected chi connectivity index (χ4v) is 7.28. The number of hydrogen-bond acceptors (Lipinski definition) is 2. The largest absolute Gasteiger partial charge is 0.383 e. The predicted octanol–water partition coefficient (Wildman–Crippen LogP) is 9.55. The van der Waals surface area contributed by atoms with Gasteiger partial charge in [-0.05, 0) is 41.5 Å². The molecule has 0 spiro atoms. The van der Waals surface area contributed by atoms with Gasteiger partial charge in [0.05, 0.1) is 11.0 Å². The molecule has 0 aliphatic carbocycles. The van der Waals surface area contributed by atoms with Crippen molar-refractivity contribution in [2.75, 3.05) is 0 Å². The Kier molecular flexibility index (Phi) is 5.91. The molecule has 2 aromatic heterocycles. The Hall–Kier alpha value is -5.52. The molecule has 43 heavy (non-hydrogen) atoms. The molecular formula is C38H26N4S. The highest BCUT2D eigenvalue weighted by Crippen LogP contribution is 2.41. The Balaban J connectivity index is 1.30. The number of amidine groups is 2. The lowest BCUT2D eigenvalue weighted by Crippen LogP contribution is -2.15. The highest BCUT2D eigenvalue weighted by Gasteiger charge is 2.16. The van der Waals surface area contributed by atoms with Crippen LogP contribution in [-0.4, -0.2) is 16.2 Å². The van der Waals surface area contributed by atoms with Crippen molar-refractivity contribution in [2.24, 2.45) is 10.7 Å². The minimum absolute atomic E-state index is 0.126. The van der Waals surface area contributed by atoms with Gasteiger partial charge in [0.1, 0.15) is 5.84 Å². The smallest absolute Gasteiger partial charge is 0.154 e. The monoisotopic (exact) mass is 570 g/mol. The Morgan fingerprint density at radius 2 is 1.30 bits per heavy atom. The molecule has 0 bridgehead atoms. The summed E-state index contributed by atoms with van der Waals surface area (Å²) >= 11 is 1.85. The van der Waals surface area contributed by atoms with Gasteiger partial charge in [-0.1, -0.05) is 109 Å². The average molecular weight is 571 g/mol. The van der Waals surface area contributed by atoms with Gasteiger partial charge >= 0.3 is 0 Å². The normalized spacial score (nSPS) is 12.0. The molecule has 2 heterocycles. The zero-order valence-electron chi connectivity index (χ0n) is 23.2. The maximum Gasteiger partial charge on any atom is 0.154 e. The van der Waals surface area contributed by atoms with Crippen LogP contribution in [0.3, 0.4) is 0 Å². The van der Waals surface area contributed by atoms with Gasteiger partial charge in [0.2, 0.25) is 0 Å². The fourth-order valence-electron chi connectivity index (χ4n) is 6.04. The third kappa shape index (κ3) is 4.21. The van der Waals surface area contributed by atoms with E-state index in [-0.39, 0.29) is 5.84 Å². The first kappa shape index (κ1) is 25.2. The molecule has 0 saturated carbocycles. The third-order valence-corrected chi connectivity index (χ3v) is 9.29. The Morgan fingerprint density at radius 1 is 0.605 bits per heavy atom. The molecule has 0 aliphatic heterocycles. The van der Waals surface area contributed by atoms with E-state index in [0.717, 1.165) is 22.3 Å². The van der Waals surface area contributed by atoms with Crippen molar-refractivity contribution in [3.05, 3.63) is 151 Å². The fraction of sp³-hybridized carbons (Fsp3) is 0. The summed E-state index contributed by atoms with van der Waals surface area (Å²) in [6.07, 6.45) is 0. The van der Waals surface area contributed by atoms with Crippen molar-refractivity contribution >= 4 is 65.0 Å². The summed E-state index contributed by atoms with van der Waals surface area (Å²) in [6, 6.07) is 48.1. The van der Waals surface area contributed by atoms with Crippen LogP contribution in [0.5, 0.6) is 0 Å². The van der Waals surface area contributed by atoms with Crippen LogP contribution in [-0.2, 0) is 0 Å². The van der Waals surface area contributed by atoms with Gasteiger partial charge in [0.15, 0.2) is 5.84 Å². The summed E-state index contributed by atoms with van der Waals surface area (Å²) in [6.45, 7) is 0. The first-order valence-electron chi connectivity index (χ1n) is 14.2. The second-order valence-electron chi connectivity index (χ2n) is 10.6. The molecule has 6 aromatic carbocycles. The molecule has 8 rings (SSSR count). The number of aromatic nitrogens is 1. The van der Waals surface area contributed by atoms with Gasteiger partial charge < -0.3 is 10.3 Å². The average Bonchev–Trinajstić information content (AvgIpc) is 3.61. The van der Waals surface area contributed by atoms with E-state index in [1.165, 1.54) is 42.1 Å². The van der Waals surface area contributed by atoms with Gasteiger partial charge in [0.25, 0.3) is 0 Å². The lowest BCUT2D eigenvalue weighted by molar-refractivity contribution is 1.18. The summed E-state index contributed by atoms with van der Waals surface area (Å²) < 4.78 is 4.89. The molecule has 0 amide bonds. The zero-order valence-corrected chi connectivity index (χ0v) is 24.0. The Morgan fingerprint density at radius 3 is 2.19 bits per heavy atom. The Labute approximate surface area is 252 Å². The summed E-state index contributed by atoms with van der Waals surface area (Å²) in [7, 11) is 0. The van der Waals surface area contributed by atoms with Crippen LogP contribution in [0.1, 0.15) is 11.1 Å². The molecule has 8 aromatic rings. The van der Waals surface area contributed by atoms with E-state index in [4.69, 9.17) is 11.1 Å². The van der Waals surface area contributed by atoms with Crippen molar-refractivity contribution in [3.63, 3.8) is 0 Å². The highest BCUT2D eigenvalue weighted by atomic mass is 32.1. The van der Waals surface area contributed by atoms with Crippen LogP contribution in [0.4, 0.5) is 0 Å². The highest BCUT2D eigenvalue weighted by molar-refractivity contribution is 7.26. The number of fused-ring (bicyclic) bond motifs is 6. The topological polar surface area (TPSA) is 67.2 Å². The van der Waals surface area contributed by atoms with E-state index in [1.807, 2.05) is 59.9 Å². The number of thiophene rings is 1. The molecule has 204 valence electrons. The van der Waals surface area contributed by atoms with Gasteiger partial charge in [-0.3, -0.25) is 5.41 Å². The minimum atomic E-state index is 0.126. The lowest BCUT2D eigenvalue weighted by atomic mass is 10.0. The number of rotatable bonds is 4. The quantitative estimate of drug-likeness (QED) is 0.161. The number of para-hydroxylation sites is 1. The second kappa shape index (κ2) is 10.1. The zero-order chi connectivity index (χ0) is 28.9. The van der Waals surface area contributed by atoms with Crippen molar-refractivity contribution in [2.45, 2.75) is 0 Å². The van der Waals surface area contributed by atoms with E-state index >= 15 is 0 Å². The van der Waals surface area contributed by atoms with Crippen molar-refractivity contribution in [1.29, 1.82) is 5.41 Å². The molecule has 0 saturated heterocycles. The maximum atomic E-state index is 8.75. The lowest BCUT2D eigenvalue weighted by Gasteiger charge is -2.11. The van der Waals surface area contributed by atoms with Crippen molar-refractivity contribution in [1.82, 2.24) is 4.57 Å². The van der Waals surface area contributed by atoms with E-state index in [2.05, 4.69) is 101 Å². The summed E-state index contributed by atoms with van der Waals surface area (Å²) in [5, 5.41) is 13.7. The van der Waals surface area contributed by atoms with Crippen LogP contribution in [0.2, 0.25) is 0 Å². The third-order valence-electron chi connectivity index (χ3n) is 8.07. The van der Waals surface area contributed by atoms with Gasteiger partial charge in [-0.2, -0.15) is 0 Å². The standard InChI is InChI=1S/C38H26N4S/c39-37(24-10-2-1-3-11-24)41-38(40)26-12-8-13-27(22-26)42-33-18-6-4-14-29(33)30-21-20-25(23-34(30)42)28-16-9-17-32-31-15-5-7-19-35(31)43-36(28)32/h1-23H,(H3,39,40,41). The van der Waals surface area contributed by atoms with Crippen LogP contribution >= 0.6 is 11.3 Å². The van der Waals surface area contributed by atoms with Crippen molar-refractivity contribution in [3.8, 4) is 16.8 Å². The van der Waals surface area contributed by atoms with Crippen LogP contribution in [0, 0.1) is 5.41 Å². The van der Waals surface area contributed by atoms with Gasteiger partial charge in [-0.25, -0.2) is 4.99 Å². The van der Waals surface area contributed by atoms with Crippen LogP contribution in [0.25, 0.3) is 58.8 Å². The molecular weight excluding hydrogens is 545 g/mol. The van der Waals surface area contributed by atoms with Gasteiger partial charge in [-0.15, -0.1) is 11.3 Å². The second-order valence-corrected chi connectivity index (χ2v) is 11.7. The molecule has 0 unspecified atom stereocenters. The number of benzene rings is 6. The van der Waals surface area contributed by atoms with E-state index < -0.39 is 0 Å². The number of nitrogens with zero attached hydrogens (tertiary/aromatic N) is 2. The van der Waals surface area contributed by atoms with Crippen LogP contribution < -0.4 is 5.73 Å².